The lowest BCUT2D eigenvalue weighted by Gasteiger charge is -2.47. The van der Waals surface area contributed by atoms with Gasteiger partial charge in [-0.25, -0.2) is 13.8 Å². The first-order chi connectivity index (χ1) is 18.2. The zero-order chi connectivity index (χ0) is 26.8. The minimum atomic E-state index is -0.580. The van der Waals surface area contributed by atoms with E-state index < -0.39 is 11.6 Å². The molecule has 198 valence electrons. The smallest absolute Gasteiger partial charge is 0.245 e. The molecule has 4 heterocycles. The number of amides is 1. The van der Waals surface area contributed by atoms with Gasteiger partial charge in [0, 0.05) is 67.6 Å². The standard InChI is InChI=1S/C30H33F2N5O/c1-5-26(38)37-16-30(17-37)10-11-36(15-30)29-19(3)27(22-9-7-21(31)13-24(22)32)23-8-6-20(12-25(23)34-29)28-18(2)14-33-35(28)4/h5,7,9,13-14,20H,1,6,8,10-12,15-17H2,2-4H3/t20-/m0/s1. The number of fused-ring (bicyclic) bond motifs is 1. The second kappa shape index (κ2) is 9.03. The summed E-state index contributed by atoms with van der Waals surface area (Å²) in [4.78, 5) is 21.4. The Balaban J connectivity index is 1.41. The van der Waals surface area contributed by atoms with Crippen LogP contribution in [0.4, 0.5) is 14.6 Å². The van der Waals surface area contributed by atoms with Crippen LogP contribution in [0.25, 0.3) is 11.1 Å². The van der Waals surface area contributed by atoms with Gasteiger partial charge < -0.3 is 9.80 Å². The van der Waals surface area contributed by atoms with Crippen molar-refractivity contribution in [2.75, 3.05) is 31.1 Å². The van der Waals surface area contributed by atoms with Gasteiger partial charge in [0.05, 0.1) is 6.20 Å². The number of likely N-dealkylation sites (tertiary alicyclic amines) is 1. The highest BCUT2D eigenvalue weighted by Crippen LogP contribution is 2.46. The van der Waals surface area contributed by atoms with E-state index in [1.165, 1.54) is 23.4 Å². The number of benzene rings is 1. The Bertz CT molecular complexity index is 1440. The van der Waals surface area contributed by atoms with E-state index in [1.807, 2.05) is 29.7 Å². The Kier molecular flexibility index (Phi) is 5.89. The van der Waals surface area contributed by atoms with Crippen molar-refractivity contribution >= 4 is 11.7 Å². The fourth-order valence-corrected chi connectivity index (χ4v) is 7.02. The minimum Gasteiger partial charge on any atom is -0.356 e. The Morgan fingerprint density at radius 1 is 1.21 bits per heavy atom. The zero-order valence-corrected chi connectivity index (χ0v) is 22.2. The summed E-state index contributed by atoms with van der Waals surface area (Å²) in [5, 5.41) is 4.45. The Morgan fingerprint density at radius 2 is 2.00 bits per heavy atom. The van der Waals surface area contributed by atoms with E-state index in [2.05, 4.69) is 23.5 Å². The second-order valence-electron chi connectivity index (χ2n) is 11.3. The van der Waals surface area contributed by atoms with Crippen LogP contribution in [-0.2, 0) is 24.7 Å². The number of carbonyl (C=O) groups is 1. The number of nitrogens with zero attached hydrogens (tertiary/aromatic N) is 5. The number of hydrogen-bond acceptors (Lipinski definition) is 4. The predicted molar refractivity (Wildman–Crippen MR) is 143 cm³/mol. The molecule has 6 rings (SSSR count). The van der Waals surface area contributed by atoms with Gasteiger partial charge in [-0.05, 0) is 80.0 Å². The summed E-state index contributed by atoms with van der Waals surface area (Å²) >= 11 is 0. The van der Waals surface area contributed by atoms with E-state index >= 15 is 4.39 Å². The quantitative estimate of drug-likeness (QED) is 0.463. The van der Waals surface area contributed by atoms with Crippen molar-refractivity contribution in [3.8, 4) is 11.1 Å². The Morgan fingerprint density at radius 3 is 2.68 bits per heavy atom. The monoisotopic (exact) mass is 517 g/mol. The SMILES string of the molecule is C=CC(=O)N1CC2(CCN(c3nc4c(c(-c5ccc(F)cc5F)c3C)CC[C@H](c3c(C)cnn3C)C4)C2)C1. The molecular weight excluding hydrogens is 484 g/mol. The highest BCUT2D eigenvalue weighted by molar-refractivity contribution is 5.88. The highest BCUT2D eigenvalue weighted by atomic mass is 19.1. The van der Waals surface area contributed by atoms with Gasteiger partial charge in [-0.2, -0.15) is 5.10 Å². The van der Waals surface area contributed by atoms with E-state index in [0.29, 0.717) is 5.56 Å². The van der Waals surface area contributed by atoms with Gasteiger partial charge in [0.2, 0.25) is 5.91 Å². The fraction of sp³-hybridized carbons (Fsp3) is 0.433. The summed E-state index contributed by atoms with van der Waals surface area (Å²) in [6.45, 7) is 10.8. The molecule has 0 N–H and O–H groups in total. The van der Waals surface area contributed by atoms with Crippen molar-refractivity contribution in [2.45, 2.75) is 45.4 Å². The summed E-state index contributed by atoms with van der Waals surface area (Å²) in [7, 11) is 1.98. The molecule has 8 heteroatoms. The molecule has 3 aliphatic rings. The molecule has 1 aromatic carbocycles. The summed E-state index contributed by atoms with van der Waals surface area (Å²) < 4.78 is 31.0. The predicted octanol–water partition coefficient (Wildman–Crippen LogP) is 4.87. The lowest BCUT2D eigenvalue weighted by atomic mass is 9.79. The molecule has 2 saturated heterocycles. The van der Waals surface area contributed by atoms with Crippen LogP contribution in [0.15, 0.2) is 37.1 Å². The van der Waals surface area contributed by atoms with Crippen LogP contribution in [-0.4, -0.2) is 51.8 Å². The lowest BCUT2D eigenvalue weighted by molar-refractivity contribution is -0.136. The van der Waals surface area contributed by atoms with Crippen LogP contribution in [0.5, 0.6) is 0 Å². The maximum Gasteiger partial charge on any atom is 0.245 e. The molecule has 2 aromatic heterocycles. The van der Waals surface area contributed by atoms with E-state index in [-0.39, 0.29) is 17.2 Å². The molecule has 2 aliphatic heterocycles. The third kappa shape index (κ3) is 3.92. The van der Waals surface area contributed by atoms with Crippen LogP contribution < -0.4 is 4.90 Å². The summed E-state index contributed by atoms with van der Waals surface area (Å²) in [6.07, 6.45) is 6.69. The van der Waals surface area contributed by atoms with Crippen LogP contribution in [0, 0.1) is 30.9 Å². The van der Waals surface area contributed by atoms with Gasteiger partial charge in [-0.3, -0.25) is 9.48 Å². The van der Waals surface area contributed by atoms with Crippen LogP contribution in [0.1, 0.15) is 46.8 Å². The van der Waals surface area contributed by atoms with Gasteiger partial charge in [0.25, 0.3) is 0 Å². The maximum atomic E-state index is 15.2. The van der Waals surface area contributed by atoms with Gasteiger partial charge in [-0.15, -0.1) is 0 Å². The molecule has 1 atom stereocenters. The van der Waals surface area contributed by atoms with Gasteiger partial charge in [-0.1, -0.05) is 6.58 Å². The molecule has 0 radical (unpaired) electrons. The van der Waals surface area contributed by atoms with Gasteiger partial charge >= 0.3 is 0 Å². The number of halogens is 2. The number of carbonyl (C=O) groups excluding carboxylic acids is 1. The third-order valence-corrected chi connectivity index (χ3v) is 8.83. The molecule has 1 aliphatic carbocycles. The van der Waals surface area contributed by atoms with E-state index in [4.69, 9.17) is 4.98 Å². The highest BCUT2D eigenvalue weighted by Gasteiger charge is 2.49. The van der Waals surface area contributed by atoms with Crippen molar-refractivity contribution < 1.29 is 13.6 Å². The normalized spacial score (nSPS) is 20.0. The van der Waals surface area contributed by atoms with Crippen molar-refractivity contribution in [3.63, 3.8) is 0 Å². The van der Waals surface area contributed by atoms with Crippen molar-refractivity contribution in [1.29, 1.82) is 0 Å². The minimum absolute atomic E-state index is 0.0252. The molecule has 1 amide bonds. The topological polar surface area (TPSA) is 54.3 Å². The van der Waals surface area contributed by atoms with E-state index in [1.54, 1.807) is 6.07 Å². The summed E-state index contributed by atoms with van der Waals surface area (Å²) in [5.74, 6) is -0.00615. The zero-order valence-electron chi connectivity index (χ0n) is 22.2. The summed E-state index contributed by atoms with van der Waals surface area (Å²) in [5.41, 5.74) is 6.70. The van der Waals surface area contributed by atoms with Crippen molar-refractivity contribution in [1.82, 2.24) is 19.7 Å². The Labute approximate surface area is 222 Å². The number of aromatic nitrogens is 3. The van der Waals surface area contributed by atoms with Crippen LogP contribution >= 0.6 is 0 Å². The first-order valence-corrected chi connectivity index (χ1v) is 13.3. The number of pyridine rings is 1. The van der Waals surface area contributed by atoms with Crippen LogP contribution in [0.3, 0.4) is 0 Å². The molecule has 0 unspecified atom stereocenters. The molecular formula is C30H33F2N5O. The van der Waals surface area contributed by atoms with Crippen LogP contribution in [0.2, 0.25) is 0 Å². The van der Waals surface area contributed by atoms with E-state index in [9.17, 15) is 9.18 Å². The largest absolute Gasteiger partial charge is 0.356 e. The second-order valence-corrected chi connectivity index (χ2v) is 11.3. The fourth-order valence-electron chi connectivity index (χ4n) is 7.02. The molecule has 0 bridgehead atoms. The number of anilines is 1. The third-order valence-electron chi connectivity index (χ3n) is 8.83. The average molecular weight is 518 g/mol. The lowest BCUT2D eigenvalue weighted by Crippen LogP contribution is -2.59. The molecule has 3 aromatic rings. The number of hydrogen-bond donors (Lipinski definition) is 0. The molecule has 2 fully saturated rings. The molecule has 6 nitrogen and oxygen atoms in total. The van der Waals surface area contributed by atoms with E-state index in [0.717, 1.165) is 86.1 Å². The first-order valence-electron chi connectivity index (χ1n) is 13.3. The summed E-state index contributed by atoms with van der Waals surface area (Å²) in [6, 6.07) is 3.86. The van der Waals surface area contributed by atoms with Gasteiger partial charge in [0.15, 0.2) is 0 Å². The van der Waals surface area contributed by atoms with Crippen molar-refractivity contribution in [3.05, 3.63) is 76.8 Å². The maximum absolute atomic E-state index is 15.2. The number of rotatable bonds is 4. The average Bonchev–Trinajstić information content (AvgIpc) is 3.46. The van der Waals surface area contributed by atoms with Crippen molar-refractivity contribution in [2.24, 2.45) is 12.5 Å². The molecule has 1 spiro atoms. The Hall–Kier alpha value is -3.55. The molecule has 38 heavy (non-hydrogen) atoms. The van der Waals surface area contributed by atoms with Gasteiger partial charge in [0.1, 0.15) is 17.5 Å². The molecule has 0 saturated carbocycles. The first kappa shape index (κ1) is 24.8. The number of aryl methyl sites for hydroxylation is 2.